The summed E-state index contributed by atoms with van der Waals surface area (Å²) < 4.78 is 0. The number of rotatable bonds is 6. The Hall–Kier alpha value is -1.82. The third-order valence-electron chi connectivity index (χ3n) is 5.62. The molecule has 2 heterocycles. The van der Waals surface area contributed by atoms with Gasteiger partial charge in [-0.2, -0.15) is 0 Å². The third-order valence-corrected chi connectivity index (χ3v) is 5.62. The number of likely N-dealkylation sites (tertiary alicyclic amines) is 1. The third kappa shape index (κ3) is 3.95. The van der Waals surface area contributed by atoms with Crippen molar-refractivity contribution in [3.63, 3.8) is 0 Å². The van der Waals surface area contributed by atoms with Crippen LogP contribution in [0.5, 0.6) is 0 Å². The Balaban J connectivity index is 1.65. The van der Waals surface area contributed by atoms with Crippen molar-refractivity contribution in [2.45, 2.75) is 45.8 Å². The fourth-order valence-corrected chi connectivity index (χ4v) is 3.93. The van der Waals surface area contributed by atoms with E-state index in [2.05, 4.69) is 34.8 Å². The average molecular weight is 355 g/mol. The molecule has 1 aliphatic heterocycles. The first-order valence-corrected chi connectivity index (χ1v) is 9.46. The largest absolute Gasteiger partial charge is 0.396 e. The van der Waals surface area contributed by atoms with Crippen LogP contribution in [0.3, 0.4) is 0 Å². The van der Waals surface area contributed by atoms with Gasteiger partial charge in [0.05, 0.1) is 12.7 Å². The zero-order valence-corrected chi connectivity index (χ0v) is 15.7. The predicted octanol–water partition coefficient (Wildman–Crippen LogP) is 2.80. The fourth-order valence-electron chi connectivity index (χ4n) is 3.93. The Morgan fingerprint density at radius 1 is 1.23 bits per heavy atom. The standard InChI is InChI=1S/C21H29N3O2/c1-3-8-21(15-25)9-10-24(14-19(21)26)13-17-11-22-20(23-12-17)18-7-5-4-6-16(18)2/h4-7,11-12,19,25-26H,3,8-10,13-15H2,1-2H3/t19-,21+/m0/s1. The van der Waals surface area contributed by atoms with E-state index < -0.39 is 6.10 Å². The molecule has 1 saturated heterocycles. The highest BCUT2D eigenvalue weighted by molar-refractivity contribution is 5.59. The highest BCUT2D eigenvalue weighted by Crippen LogP contribution is 2.36. The smallest absolute Gasteiger partial charge is 0.159 e. The van der Waals surface area contributed by atoms with Gasteiger partial charge in [0.25, 0.3) is 0 Å². The van der Waals surface area contributed by atoms with Gasteiger partial charge in [-0.25, -0.2) is 9.97 Å². The molecular weight excluding hydrogens is 326 g/mol. The van der Waals surface area contributed by atoms with Crippen LogP contribution in [0.2, 0.25) is 0 Å². The number of benzene rings is 1. The second-order valence-electron chi connectivity index (χ2n) is 7.50. The van der Waals surface area contributed by atoms with E-state index in [0.717, 1.165) is 54.9 Å². The lowest BCUT2D eigenvalue weighted by Crippen LogP contribution is -2.52. The van der Waals surface area contributed by atoms with Crippen molar-refractivity contribution in [1.29, 1.82) is 0 Å². The van der Waals surface area contributed by atoms with E-state index in [0.29, 0.717) is 6.54 Å². The zero-order valence-electron chi connectivity index (χ0n) is 15.7. The molecule has 5 heteroatoms. The number of hydrogen-bond acceptors (Lipinski definition) is 5. The minimum absolute atomic E-state index is 0.0596. The summed E-state index contributed by atoms with van der Waals surface area (Å²) in [6.45, 7) is 6.40. The SMILES string of the molecule is CCC[C@]1(CO)CCN(Cc2cnc(-c3ccccc3C)nc2)C[C@@H]1O. The lowest BCUT2D eigenvalue weighted by Gasteiger charge is -2.44. The van der Waals surface area contributed by atoms with E-state index in [1.165, 1.54) is 0 Å². The number of aromatic nitrogens is 2. The lowest BCUT2D eigenvalue weighted by atomic mass is 9.73. The minimum Gasteiger partial charge on any atom is -0.396 e. The Labute approximate surface area is 155 Å². The normalized spacial score (nSPS) is 23.9. The molecule has 1 aromatic carbocycles. The Morgan fingerprint density at radius 3 is 2.58 bits per heavy atom. The van der Waals surface area contributed by atoms with Crippen LogP contribution in [-0.4, -0.2) is 50.9 Å². The first-order chi connectivity index (χ1) is 12.6. The molecule has 2 atom stereocenters. The van der Waals surface area contributed by atoms with Crippen LogP contribution in [0.25, 0.3) is 11.4 Å². The lowest BCUT2D eigenvalue weighted by molar-refractivity contribution is -0.0803. The van der Waals surface area contributed by atoms with Crippen LogP contribution in [0.4, 0.5) is 0 Å². The van der Waals surface area contributed by atoms with Gasteiger partial charge < -0.3 is 10.2 Å². The Bertz CT molecular complexity index is 719. The molecule has 26 heavy (non-hydrogen) atoms. The van der Waals surface area contributed by atoms with E-state index in [1.54, 1.807) is 0 Å². The maximum Gasteiger partial charge on any atom is 0.159 e. The molecule has 0 radical (unpaired) electrons. The van der Waals surface area contributed by atoms with Crippen LogP contribution >= 0.6 is 0 Å². The van der Waals surface area contributed by atoms with E-state index in [1.807, 2.05) is 30.6 Å². The molecule has 0 spiro atoms. The fraction of sp³-hybridized carbons (Fsp3) is 0.524. The summed E-state index contributed by atoms with van der Waals surface area (Å²) in [7, 11) is 0. The van der Waals surface area contributed by atoms with Crippen LogP contribution < -0.4 is 0 Å². The number of hydrogen-bond donors (Lipinski definition) is 2. The van der Waals surface area contributed by atoms with Gasteiger partial charge in [-0.1, -0.05) is 37.6 Å². The van der Waals surface area contributed by atoms with Crippen molar-refractivity contribution in [3.8, 4) is 11.4 Å². The molecule has 0 aliphatic carbocycles. The van der Waals surface area contributed by atoms with Gasteiger partial charge in [-0.15, -0.1) is 0 Å². The molecule has 2 aromatic rings. The average Bonchev–Trinajstić information content (AvgIpc) is 2.65. The van der Waals surface area contributed by atoms with Crippen molar-refractivity contribution >= 4 is 0 Å². The molecule has 0 bridgehead atoms. The zero-order chi connectivity index (χ0) is 18.6. The maximum absolute atomic E-state index is 10.6. The molecular formula is C21H29N3O2. The molecule has 140 valence electrons. The summed E-state index contributed by atoms with van der Waals surface area (Å²) >= 11 is 0. The summed E-state index contributed by atoms with van der Waals surface area (Å²) in [5, 5.41) is 20.4. The van der Waals surface area contributed by atoms with E-state index in [-0.39, 0.29) is 12.0 Å². The van der Waals surface area contributed by atoms with Crippen molar-refractivity contribution < 1.29 is 10.2 Å². The van der Waals surface area contributed by atoms with Gasteiger partial charge in [0.15, 0.2) is 5.82 Å². The molecule has 1 aromatic heterocycles. The molecule has 5 nitrogen and oxygen atoms in total. The van der Waals surface area contributed by atoms with Crippen LogP contribution in [0.1, 0.15) is 37.3 Å². The molecule has 1 aliphatic rings. The predicted molar refractivity (Wildman–Crippen MR) is 103 cm³/mol. The van der Waals surface area contributed by atoms with Crippen LogP contribution in [0.15, 0.2) is 36.7 Å². The van der Waals surface area contributed by atoms with Gasteiger partial charge in [0.1, 0.15) is 0 Å². The Kier molecular flexibility index (Phi) is 6.01. The van der Waals surface area contributed by atoms with Gasteiger partial charge in [0, 0.05) is 42.0 Å². The summed E-state index contributed by atoms with van der Waals surface area (Å²) in [5.74, 6) is 0.743. The molecule has 0 unspecified atom stereocenters. The number of piperidine rings is 1. The highest BCUT2D eigenvalue weighted by Gasteiger charge is 2.40. The van der Waals surface area contributed by atoms with Crippen molar-refractivity contribution in [1.82, 2.24) is 14.9 Å². The first-order valence-electron chi connectivity index (χ1n) is 9.46. The number of nitrogens with zero attached hydrogens (tertiary/aromatic N) is 3. The monoisotopic (exact) mass is 355 g/mol. The number of aryl methyl sites for hydroxylation is 1. The molecule has 0 saturated carbocycles. The van der Waals surface area contributed by atoms with Gasteiger partial charge >= 0.3 is 0 Å². The summed E-state index contributed by atoms with van der Waals surface area (Å²) in [4.78, 5) is 11.3. The van der Waals surface area contributed by atoms with Crippen molar-refractivity contribution in [3.05, 3.63) is 47.8 Å². The first kappa shape index (κ1) is 19.0. The number of aliphatic hydroxyl groups is 2. The quantitative estimate of drug-likeness (QED) is 0.834. The molecule has 0 amide bonds. The molecule has 1 fully saturated rings. The topological polar surface area (TPSA) is 69.5 Å². The van der Waals surface area contributed by atoms with Crippen molar-refractivity contribution in [2.75, 3.05) is 19.7 Å². The second-order valence-corrected chi connectivity index (χ2v) is 7.50. The van der Waals surface area contributed by atoms with Crippen LogP contribution in [-0.2, 0) is 6.54 Å². The maximum atomic E-state index is 10.6. The minimum atomic E-state index is -0.492. The van der Waals surface area contributed by atoms with Gasteiger partial charge in [0.2, 0.25) is 0 Å². The van der Waals surface area contributed by atoms with Crippen molar-refractivity contribution in [2.24, 2.45) is 5.41 Å². The van der Waals surface area contributed by atoms with Gasteiger partial charge in [-0.3, -0.25) is 4.90 Å². The number of aliphatic hydroxyl groups excluding tert-OH is 2. The summed E-state index contributed by atoms with van der Waals surface area (Å²) in [5.41, 5.74) is 2.92. The number of β-amino-alcohol motifs (C(OH)–C–C–N with tert-alkyl or cyclic N) is 1. The molecule has 3 rings (SSSR count). The second kappa shape index (κ2) is 8.25. The van der Waals surface area contributed by atoms with E-state index in [9.17, 15) is 10.2 Å². The highest BCUT2D eigenvalue weighted by atomic mass is 16.3. The summed E-state index contributed by atoms with van der Waals surface area (Å²) in [6.07, 6.45) is 5.93. The summed E-state index contributed by atoms with van der Waals surface area (Å²) in [6, 6.07) is 8.11. The van der Waals surface area contributed by atoms with E-state index >= 15 is 0 Å². The Morgan fingerprint density at radius 2 is 1.96 bits per heavy atom. The van der Waals surface area contributed by atoms with Gasteiger partial charge in [-0.05, 0) is 31.9 Å². The molecule has 2 N–H and O–H groups in total. The van der Waals surface area contributed by atoms with Crippen LogP contribution in [0, 0.1) is 12.3 Å². The van der Waals surface area contributed by atoms with E-state index in [4.69, 9.17) is 0 Å².